The number of para-hydroxylation sites is 3. The number of fused-ring (bicyclic) bond motifs is 11. The van der Waals surface area contributed by atoms with E-state index in [2.05, 4.69) is 399 Å². The molecule has 4 nitrogen and oxygen atoms in total. The molecule has 1 aliphatic carbocycles. The van der Waals surface area contributed by atoms with Gasteiger partial charge < -0.3 is 19.4 Å². The van der Waals surface area contributed by atoms with E-state index < -0.39 is 0 Å². The molecular formula is C101H95B2N3O. The zero-order valence-corrected chi connectivity index (χ0v) is 65.3. The fourth-order valence-electron chi connectivity index (χ4n) is 18.2. The number of ether oxygens (including phenoxy) is 1. The van der Waals surface area contributed by atoms with Gasteiger partial charge in [-0.3, -0.25) is 0 Å². The van der Waals surface area contributed by atoms with Gasteiger partial charge in [-0.05, 0) is 216 Å². The van der Waals surface area contributed by atoms with Gasteiger partial charge in [-0.25, -0.2) is 0 Å². The Labute approximate surface area is 636 Å². The highest BCUT2D eigenvalue weighted by Crippen LogP contribution is 2.57. The van der Waals surface area contributed by atoms with Crippen molar-refractivity contribution in [3.05, 3.63) is 306 Å². The summed E-state index contributed by atoms with van der Waals surface area (Å²) in [6.07, 6.45) is 0. The molecular weight excluding hydrogens is 1290 g/mol. The molecule has 5 aliphatic rings. The molecule has 107 heavy (non-hydrogen) atoms. The number of hydrogen-bond donors (Lipinski definition) is 0. The molecule has 0 radical (unpaired) electrons. The maximum absolute atomic E-state index is 8.18. The van der Waals surface area contributed by atoms with Crippen LogP contribution in [0.15, 0.2) is 267 Å². The van der Waals surface area contributed by atoms with Crippen molar-refractivity contribution in [2.24, 2.45) is 0 Å². The van der Waals surface area contributed by atoms with Crippen LogP contribution in [0.3, 0.4) is 0 Å². The lowest BCUT2D eigenvalue weighted by Gasteiger charge is -2.46. The van der Waals surface area contributed by atoms with Crippen molar-refractivity contribution in [1.29, 1.82) is 0 Å². The summed E-state index contributed by atoms with van der Waals surface area (Å²) in [4.78, 5) is 7.88. The fraction of sp³-hybridized carbons (Fsp3) is 0.228. The number of rotatable bonds is 7. The molecule has 0 aromatic heterocycles. The molecule has 0 spiro atoms. The fourth-order valence-corrected chi connectivity index (χ4v) is 18.2. The van der Waals surface area contributed by atoms with E-state index in [-0.39, 0.29) is 45.9 Å². The lowest BCUT2D eigenvalue weighted by molar-refractivity contribution is 0.488. The van der Waals surface area contributed by atoms with Crippen LogP contribution in [0.4, 0.5) is 51.2 Å². The van der Waals surface area contributed by atoms with E-state index in [1.165, 1.54) is 111 Å². The Morgan fingerprint density at radius 2 is 0.701 bits per heavy atom. The molecule has 0 amide bonds. The zero-order chi connectivity index (χ0) is 74.3. The van der Waals surface area contributed by atoms with Crippen LogP contribution in [-0.2, 0) is 32.5 Å². The zero-order valence-electron chi connectivity index (χ0n) is 65.3. The maximum Gasteiger partial charge on any atom is 0.256 e. The highest BCUT2D eigenvalue weighted by Gasteiger charge is 2.49. The average molecular weight is 1390 g/mol. The van der Waals surface area contributed by atoms with Gasteiger partial charge in [0, 0.05) is 68.1 Å². The molecule has 6 heteroatoms. The smallest absolute Gasteiger partial charge is 0.256 e. The van der Waals surface area contributed by atoms with Crippen LogP contribution in [0.25, 0.3) is 55.6 Å². The summed E-state index contributed by atoms with van der Waals surface area (Å²) in [6.45, 7) is 39.8. The molecule has 18 rings (SSSR count). The second-order valence-corrected chi connectivity index (χ2v) is 36.6. The van der Waals surface area contributed by atoms with Gasteiger partial charge in [0.25, 0.3) is 13.4 Å². The number of nitrogens with zero attached hydrogens (tertiary/aromatic N) is 3. The summed E-state index contributed by atoms with van der Waals surface area (Å²) in [6, 6.07) is 103. The molecule has 0 saturated heterocycles. The summed E-state index contributed by atoms with van der Waals surface area (Å²) < 4.78 is 8.18. The van der Waals surface area contributed by atoms with Crippen LogP contribution < -0.4 is 52.2 Å². The van der Waals surface area contributed by atoms with Crippen molar-refractivity contribution in [1.82, 2.24) is 0 Å². The monoisotopic (exact) mass is 1390 g/mol. The molecule has 13 aromatic carbocycles. The Morgan fingerprint density at radius 3 is 1.26 bits per heavy atom. The highest BCUT2D eigenvalue weighted by molar-refractivity contribution is 7.02. The van der Waals surface area contributed by atoms with Gasteiger partial charge >= 0.3 is 0 Å². The molecule has 0 atom stereocenters. The van der Waals surface area contributed by atoms with Gasteiger partial charge in [-0.15, -0.1) is 0 Å². The van der Waals surface area contributed by atoms with Crippen LogP contribution in [0.5, 0.6) is 11.5 Å². The van der Waals surface area contributed by atoms with Gasteiger partial charge in [0.15, 0.2) is 0 Å². The lowest BCUT2D eigenvalue weighted by atomic mass is 9.30. The van der Waals surface area contributed by atoms with Gasteiger partial charge in [-0.2, -0.15) is 0 Å². The summed E-state index contributed by atoms with van der Waals surface area (Å²) in [5.74, 6) is 1.72. The lowest BCUT2D eigenvalue weighted by Crippen LogP contribution is -2.64. The first-order valence-electron chi connectivity index (χ1n) is 38.7. The minimum Gasteiger partial charge on any atom is -0.458 e. The first-order chi connectivity index (χ1) is 51.0. The van der Waals surface area contributed by atoms with Crippen LogP contribution in [-0.4, -0.2) is 13.4 Å². The normalized spacial score (nSPS) is 14.5. The highest BCUT2D eigenvalue weighted by atomic mass is 16.5. The summed E-state index contributed by atoms with van der Waals surface area (Å²) in [5, 5.41) is 0. The van der Waals surface area contributed by atoms with Crippen molar-refractivity contribution in [3.8, 4) is 67.1 Å². The topological polar surface area (TPSA) is 19.0 Å². The van der Waals surface area contributed by atoms with E-state index in [9.17, 15) is 0 Å². The summed E-state index contributed by atoms with van der Waals surface area (Å²) in [5.41, 5.74) is 37.7. The Balaban J connectivity index is 0.964. The molecule has 0 bridgehead atoms. The largest absolute Gasteiger partial charge is 0.458 e. The van der Waals surface area contributed by atoms with Crippen LogP contribution in [0.2, 0.25) is 0 Å². The quantitative estimate of drug-likeness (QED) is 0.148. The van der Waals surface area contributed by atoms with Gasteiger partial charge in [0.05, 0.1) is 5.69 Å². The SMILES string of the molecule is CC(C)(C)c1cc(-c2cc3c4c(c2)N(c2cc(C(C)(C)C)cc(C(C)(C)C)c2)c2cc5c(cc2B4c2ccccc2N3c2ccccc2)B2c3ccccc3N(c3c(-c4ccccc4)cc(C(C)(C)C)cc3-c3ccccc3)c3cc(-c4cccc6c4C(C)(C)c4ccccc4-6)cc(c32)O5)cc(C(C)(C)C)c1. The van der Waals surface area contributed by atoms with E-state index >= 15 is 0 Å². The molecule has 526 valence electrons. The minimum atomic E-state index is -0.294. The first-order valence-corrected chi connectivity index (χ1v) is 38.7. The van der Waals surface area contributed by atoms with Crippen LogP contribution >= 0.6 is 0 Å². The van der Waals surface area contributed by atoms with Crippen molar-refractivity contribution in [3.63, 3.8) is 0 Å². The number of benzene rings is 13. The summed E-state index contributed by atoms with van der Waals surface area (Å²) >= 11 is 0. The number of hydrogen-bond acceptors (Lipinski definition) is 4. The molecule has 4 heterocycles. The maximum atomic E-state index is 8.18. The molecule has 0 saturated carbocycles. The summed E-state index contributed by atoms with van der Waals surface area (Å²) in [7, 11) is 0. The Morgan fingerprint density at radius 1 is 0.271 bits per heavy atom. The van der Waals surface area contributed by atoms with Crippen molar-refractivity contribution < 1.29 is 4.74 Å². The first kappa shape index (κ1) is 68.0. The van der Waals surface area contributed by atoms with Crippen molar-refractivity contribution in [2.75, 3.05) is 14.7 Å². The Hall–Kier alpha value is -10.8. The van der Waals surface area contributed by atoms with Gasteiger partial charge in [0.2, 0.25) is 0 Å². The molecule has 0 unspecified atom stereocenters. The van der Waals surface area contributed by atoms with E-state index in [0.29, 0.717) is 0 Å². The van der Waals surface area contributed by atoms with E-state index in [4.69, 9.17) is 4.74 Å². The number of anilines is 9. The van der Waals surface area contributed by atoms with E-state index in [0.717, 1.165) is 78.9 Å². The second-order valence-electron chi connectivity index (χ2n) is 36.6. The molecule has 0 N–H and O–H groups in total. The van der Waals surface area contributed by atoms with Crippen molar-refractivity contribution >= 4 is 97.4 Å². The molecule has 13 aromatic rings. The molecule has 4 aliphatic heterocycles. The van der Waals surface area contributed by atoms with E-state index in [1.807, 2.05) is 0 Å². The Kier molecular flexibility index (Phi) is 15.3. The average Bonchev–Trinajstić information content (AvgIpc) is 1.47. The minimum absolute atomic E-state index is 0.103. The standard InChI is InChI=1S/C101H95B2N3O/c1-96(2,3)67-48-64(49-68(54-67)97(4,5)6)65-50-87-93-88(51-65)105(73-56-69(98(7,8)9)55-70(57-73)99(10,11)12)86-61-90-83(60-82(86)102(93)80-44-29-31-46-84(80)104(87)72-38-25-20-26-39-72)103-81-45-30-32-47-85(81)106(95-77(62-34-21-18-22-35-62)58-71(100(13,14)15)59-78(95)63-36-23-19-24-37-63)89-52-66(53-91(107-90)94(89)103)74-41-33-42-76-75-40-27-28-43-79(75)101(16,17)92(74)76/h18-61H,1-17H3. The molecule has 0 fully saturated rings. The van der Waals surface area contributed by atoms with E-state index in [1.54, 1.807) is 0 Å². The third-order valence-corrected chi connectivity index (χ3v) is 24.0. The van der Waals surface area contributed by atoms with Gasteiger partial charge in [0.1, 0.15) is 11.5 Å². The Bertz CT molecular complexity index is 5690. The van der Waals surface area contributed by atoms with Crippen LogP contribution in [0, 0.1) is 0 Å². The predicted octanol–water partition coefficient (Wildman–Crippen LogP) is 23.6. The third kappa shape index (κ3) is 11.0. The van der Waals surface area contributed by atoms with Gasteiger partial charge in [-0.1, -0.05) is 306 Å². The van der Waals surface area contributed by atoms with Crippen molar-refractivity contribution in [2.45, 2.75) is 150 Å². The predicted molar refractivity (Wildman–Crippen MR) is 459 cm³/mol. The second kappa shape index (κ2) is 24.1. The third-order valence-electron chi connectivity index (χ3n) is 24.0. The van der Waals surface area contributed by atoms with Crippen LogP contribution in [0.1, 0.15) is 157 Å².